The Bertz CT molecular complexity index is 229. The van der Waals surface area contributed by atoms with Gasteiger partial charge >= 0.3 is 0 Å². The zero-order valence-corrected chi connectivity index (χ0v) is 8.57. The van der Waals surface area contributed by atoms with Crippen LogP contribution in [0.1, 0.15) is 19.8 Å². The maximum absolute atomic E-state index is 8.78. The molecule has 2 atom stereocenters. The van der Waals surface area contributed by atoms with E-state index in [4.69, 9.17) is 16.4 Å². The zero-order chi connectivity index (χ0) is 10.4. The Hall–Kier alpha value is -1.03. The quantitative estimate of drug-likeness (QED) is 0.626. The van der Waals surface area contributed by atoms with Gasteiger partial charge in [0, 0.05) is 13.1 Å². The summed E-state index contributed by atoms with van der Waals surface area (Å²) in [5, 5.41) is 8.78. The Morgan fingerprint density at radius 3 is 2.79 bits per heavy atom. The van der Waals surface area contributed by atoms with E-state index in [1.165, 1.54) is 0 Å². The number of rotatable bonds is 3. The first kappa shape index (κ1) is 11.0. The largest absolute Gasteiger partial charge is 0.345 e. The second-order valence-electron chi connectivity index (χ2n) is 3.52. The monoisotopic (exact) mass is 192 g/mol. The third-order valence-corrected chi connectivity index (χ3v) is 2.33. The van der Waals surface area contributed by atoms with E-state index in [1.807, 2.05) is 0 Å². The summed E-state index contributed by atoms with van der Waals surface area (Å²) >= 11 is 0. The van der Waals surface area contributed by atoms with Crippen molar-refractivity contribution in [2.45, 2.75) is 32.0 Å². The number of hydrogen-bond acceptors (Lipinski definition) is 3. The number of unbranched alkanes of at least 4 members (excludes halogenated alkanes) is 1. The van der Waals surface area contributed by atoms with Crippen molar-refractivity contribution in [2.75, 3.05) is 19.6 Å². The first-order valence-electron chi connectivity index (χ1n) is 5.03. The molecule has 1 rings (SSSR count). The minimum absolute atomic E-state index is 0.217. The molecule has 0 radical (unpaired) electrons. The Balaban J connectivity index is 2.45. The van der Waals surface area contributed by atoms with Gasteiger partial charge in [-0.3, -0.25) is 4.90 Å². The maximum atomic E-state index is 8.78. The van der Waals surface area contributed by atoms with Gasteiger partial charge in [0.1, 0.15) is 6.10 Å². The predicted octanol–water partition coefficient (Wildman–Crippen LogP) is 1.01. The normalized spacial score (nSPS) is 27.9. The van der Waals surface area contributed by atoms with Crippen LogP contribution >= 0.6 is 0 Å². The highest BCUT2D eigenvalue weighted by molar-refractivity contribution is 5.02. The lowest BCUT2D eigenvalue weighted by atomic mass is 10.2. The standard InChI is InChI=1S/C11H16N2O/c1-3-5-6-13-8-10(4-2)14-11(7-12)9-13/h2,10-11H,3,5-6,8-9H2,1H3/t10-,11+/m1/s1. The predicted molar refractivity (Wildman–Crippen MR) is 54.5 cm³/mol. The van der Waals surface area contributed by atoms with Gasteiger partial charge in [0.05, 0.1) is 6.07 Å². The number of terminal acetylenes is 1. The van der Waals surface area contributed by atoms with Crippen LogP contribution in [0.4, 0.5) is 0 Å². The van der Waals surface area contributed by atoms with E-state index in [2.05, 4.69) is 23.8 Å². The number of nitriles is 1. The highest BCUT2D eigenvalue weighted by Crippen LogP contribution is 2.11. The molecule has 3 heteroatoms. The summed E-state index contributed by atoms with van der Waals surface area (Å²) < 4.78 is 5.36. The molecule has 1 aliphatic heterocycles. The lowest BCUT2D eigenvalue weighted by Crippen LogP contribution is -2.46. The van der Waals surface area contributed by atoms with E-state index < -0.39 is 0 Å². The van der Waals surface area contributed by atoms with Gasteiger partial charge in [0.15, 0.2) is 6.10 Å². The molecule has 3 nitrogen and oxygen atoms in total. The van der Waals surface area contributed by atoms with Gasteiger partial charge in [-0.2, -0.15) is 5.26 Å². The second-order valence-corrected chi connectivity index (χ2v) is 3.52. The third kappa shape index (κ3) is 3.03. The van der Waals surface area contributed by atoms with Crippen molar-refractivity contribution in [1.29, 1.82) is 5.26 Å². The number of ether oxygens (including phenoxy) is 1. The molecule has 0 saturated carbocycles. The van der Waals surface area contributed by atoms with Crippen LogP contribution in [0.25, 0.3) is 0 Å². The molecule has 1 heterocycles. The smallest absolute Gasteiger partial charge is 0.158 e. The van der Waals surface area contributed by atoms with E-state index in [0.717, 1.165) is 25.9 Å². The highest BCUT2D eigenvalue weighted by atomic mass is 16.5. The summed E-state index contributed by atoms with van der Waals surface area (Å²) in [6, 6.07) is 2.12. The van der Waals surface area contributed by atoms with Crippen LogP contribution < -0.4 is 0 Å². The molecular formula is C11H16N2O. The van der Waals surface area contributed by atoms with Crippen molar-refractivity contribution < 1.29 is 4.74 Å². The fourth-order valence-corrected chi connectivity index (χ4v) is 1.56. The molecule has 0 amide bonds. The van der Waals surface area contributed by atoms with Gasteiger partial charge in [-0.1, -0.05) is 19.3 Å². The average molecular weight is 192 g/mol. The van der Waals surface area contributed by atoms with Crippen LogP contribution in [0.2, 0.25) is 0 Å². The van der Waals surface area contributed by atoms with Crippen molar-refractivity contribution in [3.63, 3.8) is 0 Å². The fourth-order valence-electron chi connectivity index (χ4n) is 1.56. The Morgan fingerprint density at radius 2 is 2.21 bits per heavy atom. The van der Waals surface area contributed by atoms with Crippen LogP contribution in [0.15, 0.2) is 0 Å². The molecule has 1 aliphatic rings. The number of morpholine rings is 1. The van der Waals surface area contributed by atoms with Crippen LogP contribution in [-0.2, 0) is 4.74 Å². The minimum Gasteiger partial charge on any atom is -0.345 e. The van der Waals surface area contributed by atoms with Crippen molar-refractivity contribution in [1.82, 2.24) is 4.90 Å². The minimum atomic E-state index is -0.360. The molecule has 0 aromatic rings. The van der Waals surface area contributed by atoms with Gasteiger partial charge in [-0.05, 0) is 13.0 Å². The Labute approximate surface area is 85.6 Å². The lowest BCUT2D eigenvalue weighted by Gasteiger charge is -2.33. The molecule has 0 N–H and O–H groups in total. The Kier molecular flexibility index (Phi) is 4.46. The van der Waals surface area contributed by atoms with Crippen molar-refractivity contribution >= 4 is 0 Å². The molecule has 0 spiro atoms. The molecule has 1 fully saturated rings. The summed E-state index contributed by atoms with van der Waals surface area (Å²) in [6.07, 6.45) is 7.03. The molecule has 14 heavy (non-hydrogen) atoms. The molecule has 0 aliphatic carbocycles. The SMILES string of the molecule is C#C[C@@H]1CN(CCCC)C[C@H](C#N)O1. The first-order chi connectivity index (χ1) is 6.80. The summed E-state index contributed by atoms with van der Waals surface area (Å²) in [5.74, 6) is 2.56. The lowest BCUT2D eigenvalue weighted by molar-refractivity contribution is -0.0335. The number of nitrogens with zero attached hydrogens (tertiary/aromatic N) is 2. The second kappa shape index (κ2) is 5.65. The van der Waals surface area contributed by atoms with E-state index in [1.54, 1.807) is 0 Å². The van der Waals surface area contributed by atoms with E-state index in [-0.39, 0.29) is 12.2 Å². The molecule has 0 aromatic heterocycles. The van der Waals surface area contributed by atoms with Crippen molar-refractivity contribution in [2.24, 2.45) is 0 Å². The van der Waals surface area contributed by atoms with E-state index in [0.29, 0.717) is 6.54 Å². The third-order valence-electron chi connectivity index (χ3n) is 2.33. The van der Waals surface area contributed by atoms with Crippen LogP contribution in [-0.4, -0.2) is 36.7 Å². The first-order valence-corrected chi connectivity index (χ1v) is 5.03. The summed E-state index contributed by atoms with van der Waals surface area (Å²) in [5.41, 5.74) is 0. The van der Waals surface area contributed by atoms with Gasteiger partial charge in [-0.25, -0.2) is 0 Å². The maximum Gasteiger partial charge on any atom is 0.158 e. The fraction of sp³-hybridized carbons (Fsp3) is 0.727. The summed E-state index contributed by atoms with van der Waals surface area (Å²) in [6.45, 7) is 4.61. The van der Waals surface area contributed by atoms with Crippen molar-refractivity contribution in [3.8, 4) is 18.4 Å². The van der Waals surface area contributed by atoms with E-state index >= 15 is 0 Å². The van der Waals surface area contributed by atoms with Gasteiger partial charge < -0.3 is 4.74 Å². The summed E-state index contributed by atoms with van der Waals surface area (Å²) in [4.78, 5) is 2.21. The van der Waals surface area contributed by atoms with Gasteiger partial charge in [0.25, 0.3) is 0 Å². The zero-order valence-electron chi connectivity index (χ0n) is 8.57. The van der Waals surface area contributed by atoms with E-state index in [9.17, 15) is 0 Å². The van der Waals surface area contributed by atoms with Crippen LogP contribution in [0, 0.1) is 23.7 Å². The molecular weight excluding hydrogens is 176 g/mol. The van der Waals surface area contributed by atoms with Gasteiger partial charge in [0.2, 0.25) is 0 Å². The molecule has 1 saturated heterocycles. The van der Waals surface area contributed by atoms with Crippen LogP contribution in [0.5, 0.6) is 0 Å². The highest BCUT2D eigenvalue weighted by Gasteiger charge is 2.25. The number of hydrogen-bond donors (Lipinski definition) is 0. The molecule has 0 bridgehead atoms. The molecule has 0 unspecified atom stereocenters. The molecule has 0 aromatic carbocycles. The van der Waals surface area contributed by atoms with Crippen molar-refractivity contribution in [3.05, 3.63) is 0 Å². The average Bonchev–Trinajstić information content (AvgIpc) is 2.25. The van der Waals surface area contributed by atoms with Crippen LogP contribution in [0.3, 0.4) is 0 Å². The Morgan fingerprint density at radius 1 is 1.50 bits per heavy atom. The molecule has 76 valence electrons. The van der Waals surface area contributed by atoms with Gasteiger partial charge in [-0.15, -0.1) is 6.42 Å². The summed E-state index contributed by atoms with van der Waals surface area (Å²) in [7, 11) is 0. The topological polar surface area (TPSA) is 36.3 Å².